The molecule has 2 aromatic carbocycles. The Kier molecular flexibility index (Phi) is 4.38. The van der Waals surface area contributed by atoms with Gasteiger partial charge in [-0.05, 0) is 47.1 Å². The third kappa shape index (κ3) is 3.30. The number of hydrogen-bond donors (Lipinski definition) is 0. The summed E-state index contributed by atoms with van der Waals surface area (Å²) in [7, 11) is 3.56. The molecule has 16 heavy (non-hydrogen) atoms. The van der Waals surface area contributed by atoms with Crippen LogP contribution in [0.15, 0.2) is 62.8 Å². The molecule has 0 nitrogen and oxygen atoms in total. The summed E-state index contributed by atoms with van der Waals surface area (Å²) in [6, 6.07) is 16.9. The zero-order valence-corrected chi connectivity index (χ0v) is 12.0. The van der Waals surface area contributed by atoms with Crippen LogP contribution in [0.1, 0.15) is 5.56 Å². The SMILES string of the molecule is Cc1ccc(SSc2ccccc2Br)cc1. The highest BCUT2D eigenvalue weighted by Gasteiger charge is 2.00. The van der Waals surface area contributed by atoms with Crippen molar-refractivity contribution < 1.29 is 0 Å². The number of aryl methyl sites for hydroxylation is 1. The zero-order chi connectivity index (χ0) is 11.4. The Morgan fingerprint density at radius 3 is 2.25 bits per heavy atom. The van der Waals surface area contributed by atoms with Crippen LogP contribution in [0.4, 0.5) is 0 Å². The van der Waals surface area contributed by atoms with Gasteiger partial charge in [0.2, 0.25) is 0 Å². The van der Waals surface area contributed by atoms with E-state index in [4.69, 9.17) is 0 Å². The van der Waals surface area contributed by atoms with Crippen LogP contribution in [0.3, 0.4) is 0 Å². The van der Waals surface area contributed by atoms with E-state index in [0.717, 1.165) is 4.47 Å². The first-order valence-corrected chi connectivity index (χ1v) is 7.86. The van der Waals surface area contributed by atoms with Crippen LogP contribution in [-0.4, -0.2) is 0 Å². The summed E-state index contributed by atoms with van der Waals surface area (Å²) in [4.78, 5) is 2.54. The molecule has 0 N–H and O–H groups in total. The Morgan fingerprint density at radius 1 is 0.875 bits per heavy atom. The maximum atomic E-state index is 3.55. The molecule has 0 spiro atoms. The third-order valence-electron chi connectivity index (χ3n) is 2.09. The van der Waals surface area contributed by atoms with Crippen molar-refractivity contribution in [3.05, 3.63) is 58.6 Å². The molecule has 0 amide bonds. The van der Waals surface area contributed by atoms with Crippen molar-refractivity contribution in [2.45, 2.75) is 16.7 Å². The molecular weight excluding hydrogens is 300 g/mol. The van der Waals surface area contributed by atoms with Crippen molar-refractivity contribution in [2.75, 3.05) is 0 Å². The van der Waals surface area contributed by atoms with E-state index < -0.39 is 0 Å². The minimum atomic E-state index is 1.15. The smallest absolute Gasteiger partial charge is 0.0328 e. The first-order chi connectivity index (χ1) is 7.75. The van der Waals surface area contributed by atoms with Crippen LogP contribution in [0.25, 0.3) is 0 Å². The van der Waals surface area contributed by atoms with Gasteiger partial charge in [0.05, 0.1) is 0 Å². The quantitative estimate of drug-likeness (QED) is 0.681. The van der Waals surface area contributed by atoms with Gasteiger partial charge in [-0.25, -0.2) is 0 Å². The molecule has 2 aromatic rings. The Bertz CT molecular complexity index is 466. The zero-order valence-electron chi connectivity index (χ0n) is 8.81. The van der Waals surface area contributed by atoms with Gasteiger partial charge in [-0.1, -0.05) is 51.4 Å². The van der Waals surface area contributed by atoms with Crippen molar-refractivity contribution in [3.8, 4) is 0 Å². The molecule has 0 radical (unpaired) electrons. The Hall–Kier alpha value is -0.380. The van der Waals surface area contributed by atoms with E-state index >= 15 is 0 Å². The summed E-state index contributed by atoms with van der Waals surface area (Å²) >= 11 is 3.55. The number of benzene rings is 2. The molecule has 0 aliphatic heterocycles. The van der Waals surface area contributed by atoms with Crippen LogP contribution in [0.2, 0.25) is 0 Å². The normalized spacial score (nSPS) is 10.4. The van der Waals surface area contributed by atoms with Crippen LogP contribution >= 0.6 is 37.5 Å². The highest BCUT2D eigenvalue weighted by Crippen LogP contribution is 2.40. The summed E-state index contributed by atoms with van der Waals surface area (Å²) in [5, 5.41) is 0. The van der Waals surface area contributed by atoms with E-state index in [9.17, 15) is 0 Å². The van der Waals surface area contributed by atoms with Gasteiger partial charge >= 0.3 is 0 Å². The summed E-state index contributed by atoms with van der Waals surface area (Å²) in [6.07, 6.45) is 0. The maximum absolute atomic E-state index is 3.55. The minimum Gasteiger partial charge on any atom is -0.0611 e. The lowest BCUT2D eigenvalue weighted by molar-refractivity contribution is 1.38. The van der Waals surface area contributed by atoms with Crippen LogP contribution in [0.5, 0.6) is 0 Å². The molecule has 82 valence electrons. The van der Waals surface area contributed by atoms with Gasteiger partial charge in [0.25, 0.3) is 0 Å². The van der Waals surface area contributed by atoms with Gasteiger partial charge in [0.1, 0.15) is 0 Å². The molecule has 0 unspecified atom stereocenters. The molecule has 0 heterocycles. The predicted octanol–water partition coefficient (Wildman–Crippen LogP) is 5.56. The standard InChI is InChI=1S/C13H11BrS2/c1-10-6-8-11(9-7-10)15-16-13-5-3-2-4-12(13)14/h2-9H,1H3. The summed E-state index contributed by atoms with van der Waals surface area (Å²) in [6.45, 7) is 2.11. The summed E-state index contributed by atoms with van der Waals surface area (Å²) in [5.41, 5.74) is 1.30. The van der Waals surface area contributed by atoms with Gasteiger partial charge in [0, 0.05) is 14.3 Å². The highest BCUT2D eigenvalue weighted by atomic mass is 79.9. The molecule has 0 fully saturated rings. The lowest BCUT2D eigenvalue weighted by Gasteiger charge is -2.03. The lowest BCUT2D eigenvalue weighted by atomic mass is 10.2. The molecule has 3 heteroatoms. The van der Waals surface area contributed by atoms with E-state index in [1.807, 2.05) is 6.07 Å². The van der Waals surface area contributed by atoms with Gasteiger partial charge in [0.15, 0.2) is 0 Å². The molecular formula is C13H11BrS2. The second kappa shape index (κ2) is 5.80. The summed E-state index contributed by atoms with van der Waals surface area (Å²) in [5.74, 6) is 0. The molecule has 0 saturated heterocycles. The van der Waals surface area contributed by atoms with Crippen molar-refractivity contribution in [1.82, 2.24) is 0 Å². The van der Waals surface area contributed by atoms with E-state index in [1.165, 1.54) is 15.4 Å². The molecule has 0 aliphatic carbocycles. The van der Waals surface area contributed by atoms with Crippen molar-refractivity contribution >= 4 is 37.5 Å². The van der Waals surface area contributed by atoms with Crippen LogP contribution in [0, 0.1) is 6.92 Å². The van der Waals surface area contributed by atoms with E-state index in [0.29, 0.717) is 0 Å². The average molecular weight is 311 g/mol. The topological polar surface area (TPSA) is 0 Å². The first-order valence-electron chi connectivity index (χ1n) is 4.91. The van der Waals surface area contributed by atoms with Gasteiger partial charge in [-0.2, -0.15) is 0 Å². The Balaban J connectivity index is 2.02. The number of hydrogen-bond acceptors (Lipinski definition) is 2. The predicted molar refractivity (Wildman–Crippen MR) is 77.0 cm³/mol. The third-order valence-corrected chi connectivity index (χ3v) is 5.49. The fourth-order valence-electron chi connectivity index (χ4n) is 1.20. The van der Waals surface area contributed by atoms with Crippen LogP contribution in [-0.2, 0) is 0 Å². The average Bonchev–Trinajstić information content (AvgIpc) is 2.30. The van der Waals surface area contributed by atoms with E-state index in [-0.39, 0.29) is 0 Å². The van der Waals surface area contributed by atoms with Crippen molar-refractivity contribution in [1.29, 1.82) is 0 Å². The van der Waals surface area contributed by atoms with Gasteiger partial charge < -0.3 is 0 Å². The molecule has 0 aromatic heterocycles. The molecule has 0 atom stereocenters. The van der Waals surface area contributed by atoms with Crippen LogP contribution < -0.4 is 0 Å². The second-order valence-electron chi connectivity index (χ2n) is 3.41. The fraction of sp³-hybridized carbons (Fsp3) is 0.0769. The van der Waals surface area contributed by atoms with Crippen molar-refractivity contribution in [3.63, 3.8) is 0 Å². The molecule has 2 rings (SSSR count). The summed E-state index contributed by atoms with van der Waals surface area (Å²) < 4.78 is 1.15. The maximum Gasteiger partial charge on any atom is 0.0328 e. The monoisotopic (exact) mass is 310 g/mol. The molecule has 0 aliphatic rings. The van der Waals surface area contributed by atoms with E-state index in [1.54, 1.807) is 21.6 Å². The first kappa shape index (κ1) is 12.1. The molecule has 0 saturated carbocycles. The minimum absolute atomic E-state index is 1.15. The second-order valence-corrected chi connectivity index (χ2v) is 6.51. The molecule has 0 bridgehead atoms. The van der Waals surface area contributed by atoms with Crippen molar-refractivity contribution in [2.24, 2.45) is 0 Å². The van der Waals surface area contributed by atoms with Gasteiger partial charge in [-0.3, -0.25) is 0 Å². The largest absolute Gasteiger partial charge is 0.0611 e. The Morgan fingerprint density at radius 2 is 1.56 bits per heavy atom. The number of halogens is 1. The Labute approximate surface area is 112 Å². The lowest BCUT2D eigenvalue weighted by Crippen LogP contribution is -1.73. The fourth-order valence-corrected chi connectivity index (χ4v) is 4.09. The number of rotatable bonds is 3. The van der Waals surface area contributed by atoms with E-state index in [2.05, 4.69) is 65.3 Å². The highest BCUT2D eigenvalue weighted by molar-refractivity contribution is 9.10. The van der Waals surface area contributed by atoms with Gasteiger partial charge in [-0.15, -0.1) is 0 Å².